The summed E-state index contributed by atoms with van der Waals surface area (Å²) in [4.78, 5) is 0. The number of hydrogen-bond acceptors (Lipinski definition) is 4. The molecule has 0 saturated carbocycles. The Kier molecular flexibility index (Phi) is 4.74. The predicted octanol–water partition coefficient (Wildman–Crippen LogP) is 2.75. The Labute approximate surface area is 123 Å². The third-order valence-electron chi connectivity index (χ3n) is 3.09. The van der Waals surface area contributed by atoms with Gasteiger partial charge in [0.1, 0.15) is 11.5 Å². The van der Waals surface area contributed by atoms with E-state index in [1.54, 1.807) is 26.5 Å². The summed E-state index contributed by atoms with van der Waals surface area (Å²) in [5, 5.41) is 8.01. The van der Waals surface area contributed by atoms with Crippen LogP contribution in [0.2, 0.25) is 5.02 Å². The highest BCUT2D eigenvalue weighted by Crippen LogP contribution is 2.35. The fourth-order valence-electron chi connectivity index (χ4n) is 1.97. The molecule has 1 N–H and O–H groups in total. The van der Waals surface area contributed by atoms with Crippen LogP contribution >= 0.6 is 11.6 Å². The van der Waals surface area contributed by atoms with E-state index in [2.05, 4.69) is 10.4 Å². The van der Waals surface area contributed by atoms with E-state index in [4.69, 9.17) is 21.1 Å². The van der Waals surface area contributed by atoms with Crippen molar-refractivity contribution in [1.29, 1.82) is 0 Å². The number of halogens is 1. The van der Waals surface area contributed by atoms with Gasteiger partial charge in [-0.05, 0) is 12.1 Å². The van der Waals surface area contributed by atoms with E-state index in [-0.39, 0.29) is 0 Å². The van der Waals surface area contributed by atoms with Gasteiger partial charge >= 0.3 is 0 Å². The van der Waals surface area contributed by atoms with Crippen LogP contribution in [0.3, 0.4) is 0 Å². The normalized spacial score (nSPS) is 10.4. The minimum atomic E-state index is 0.552. The molecule has 0 radical (unpaired) electrons. The zero-order chi connectivity index (χ0) is 14.5. The summed E-state index contributed by atoms with van der Waals surface area (Å²) in [5.41, 5.74) is 2.01. The molecule has 1 aromatic carbocycles. The van der Waals surface area contributed by atoms with Crippen molar-refractivity contribution in [2.24, 2.45) is 7.05 Å². The van der Waals surface area contributed by atoms with E-state index in [1.165, 1.54) is 0 Å². The lowest BCUT2D eigenvalue weighted by Crippen LogP contribution is -2.09. The molecular weight excluding hydrogens is 278 g/mol. The number of ether oxygens (including phenoxy) is 2. The maximum Gasteiger partial charge on any atom is 0.145 e. The average Bonchev–Trinajstić information content (AvgIpc) is 2.85. The molecule has 6 heteroatoms. The van der Waals surface area contributed by atoms with Crippen LogP contribution in [-0.4, -0.2) is 30.5 Å². The highest BCUT2D eigenvalue weighted by Gasteiger charge is 2.09. The molecule has 1 aromatic heterocycles. The van der Waals surface area contributed by atoms with Gasteiger partial charge in [-0.25, -0.2) is 0 Å². The molecule has 0 unspecified atom stereocenters. The van der Waals surface area contributed by atoms with Gasteiger partial charge in [0, 0.05) is 38.0 Å². The van der Waals surface area contributed by atoms with Crippen molar-refractivity contribution in [3.63, 3.8) is 0 Å². The minimum Gasteiger partial charge on any atom is -0.495 e. The fraction of sp³-hybridized carbons (Fsp3) is 0.357. The van der Waals surface area contributed by atoms with Crippen molar-refractivity contribution in [3.05, 3.63) is 35.1 Å². The van der Waals surface area contributed by atoms with Gasteiger partial charge in [0.2, 0.25) is 0 Å². The van der Waals surface area contributed by atoms with E-state index in [9.17, 15) is 0 Å². The van der Waals surface area contributed by atoms with Gasteiger partial charge in [0.05, 0.1) is 24.9 Å². The van der Waals surface area contributed by atoms with Crippen LogP contribution in [0.25, 0.3) is 0 Å². The number of benzene rings is 1. The Bertz CT molecular complexity index is 584. The van der Waals surface area contributed by atoms with Crippen molar-refractivity contribution in [2.45, 2.75) is 6.42 Å². The number of methoxy groups -OCH3 is 2. The van der Waals surface area contributed by atoms with E-state index in [1.807, 2.05) is 23.9 Å². The summed E-state index contributed by atoms with van der Waals surface area (Å²) >= 11 is 6.13. The first-order chi connectivity index (χ1) is 9.65. The summed E-state index contributed by atoms with van der Waals surface area (Å²) in [6.07, 6.45) is 2.66. The molecule has 0 aliphatic heterocycles. The van der Waals surface area contributed by atoms with Crippen LogP contribution in [0.15, 0.2) is 24.4 Å². The number of nitrogens with one attached hydrogen (secondary N) is 1. The minimum absolute atomic E-state index is 0.552. The number of anilines is 1. The Balaban J connectivity index is 2.05. The molecule has 2 aromatic rings. The number of aryl methyl sites for hydroxylation is 1. The van der Waals surface area contributed by atoms with E-state index < -0.39 is 0 Å². The molecule has 5 nitrogen and oxygen atoms in total. The van der Waals surface area contributed by atoms with Crippen molar-refractivity contribution < 1.29 is 9.47 Å². The highest BCUT2D eigenvalue weighted by molar-refractivity contribution is 6.32. The van der Waals surface area contributed by atoms with Gasteiger partial charge in [-0.15, -0.1) is 0 Å². The van der Waals surface area contributed by atoms with Crippen LogP contribution in [0.5, 0.6) is 11.5 Å². The number of nitrogens with zero attached hydrogens (tertiary/aromatic N) is 2. The van der Waals surface area contributed by atoms with E-state index in [0.717, 1.165) is 24.3 Å². The van der Waals surface area contributed by atoms with Crippen molar-refractivity contribution in [3.8, 4) is 11.5 Å². The van der Waals surface area contributed by atoms with Crippen LogP contribution < -0.4 is 14.8 Å². The topological polar surface area (TPSA) is 48.3 Å². The third-order valence-corrected chi connectivity index (χ3v) is 3.39. The largest absolute Gasteiger partial charge is 0.495 e. The van der Waals surface area contributed by atoms with Crippen molar-refractivity contribution >= 4 is 17.3 Å². The molecule has 0 bridgehead atoms. The molecule has 108 valence electrons. The van der Waals surface area contributed by atoms with Crippen LogP contribution in [0.4, 0.5) is 5.69 Å². The Morgan fingerprint density at radius 1 is 1.25 bits per heavy atom. The van der Waals surface area contributed by atoms with Crippen LogP contribution in [-0.2, 0) is 13.5 Å². The van der Waals surface area contributed by atoms with Gasteiger partial charge in [-0.1, -0.05) is 11.6 Å². The quantitative estimate of drug-likeness (QED) is 0.890. The fourth-order valence-corrected chi connectivity index (χ4v) is 2.21. The smallest absolute Gasteiger partial charge is 0.145 e. The molecule has 0 saturated heterocycles. The number of aromatic nitrogens is 2. The number of rotatable bonds is 6. The van der Waals surface area contributed by atoms with Gasteiger partial charge < -0.3 is 14.8 Å². The summed E-state index contributed by atoms with van der Waals surface area (Å²) in [6.45, 7) is 0.762. The maximum atomic E-state index is 6.13. The first-order valence-corrected chi connectivity index (χ1v) is 6.65. The van der Waals surface area contributed by atoms with Gasteiger partial charge in [0.15, 0.2) is 0 Å². The van der Waals surface area contributed by atoms with E-state index in [0.29, 0.717) is 16.5 Å². The molecule has 20 heavy (non-hydrogen) atoms. The van der Waals surface area contributed by atoms with Crippen LogP contribution in [0, 0.1) is 0 Å². The molecule has 0 aliphatic carbocycles. The average molecular weight is 296 g/mol. The lowest BCUT2D eigenvalue weighted by Gasteiger charge is -2.13. The van der Waals surface area contributed by atoms with Crippen molar-refractivity contribution in [1.82, 2.24) is 9.78 Å². The second-order valence-electron chi connectivity index (χ2n) is 4.31. The third kappa shape index (κ3) is 3.17. The molecular formula is C14H18ClN3O2. The Morgan fingerprint density at radius 2 is 2.00 bits per heavy atom. The van der Waals surface area contributed by atoms with E-state index >= 15 is 0 Å². The first-order valence-electron chi connectivity index (χ1n) is 6.28. The van der Waals surface area contributed by atoms with Crippen molar-refractivity contribution in [2.75, 3.05) is 26.1 Å². The monoisotopic (exact) mass is 295 g/mol. The lowest BCUT2D eigenvalue weighted by molar-refractivity contribution is 0.395. The molecule has 0 spiro atoms. The second-order valence-corrected chi connectivity index (χ2v) is 4.72. The summed E-state index contributed by atoms with van der Waals surface area (Å²) in [6, 6.07) is 5.58. The SMILES string of the molecule is COc1cc(OC)c(NCCc2ccnn2C)cc1Cl. The summed E-state index contributed by atoms with van der Waals surface area (Å²) in [5.74, 6) is 1.30. The molecule has 0 amide bonds. The molecule has 0 fully saturated rings. The second kappa shape index (κ2) is 6.52. The van der Waals surface area contributed by atoms with Gasteiger partial charge in [0.25, 0.3) is 0 Å². The molecule has 0 aliphatic rings. The Hall–Kier alpha value is -1.88. The molecule has 1 heterocycles. The Morgan fingerprint density at radius 3 is 2.60 bits per heavy atom. The van der Waals surface area contributed by atoms with Crippen LogP contribution in [0.1, 0.15) is 5.69 Å². The highest BCUT2D eigenvalue weighted by atomic mass is 35.5. The zero-order valence-electron chi connectivity index (χ0n) is 11.8. The summed E-state index contributed by atoms with van der Waals surface area (Å²) in [7, 11) is 5.13. The van der Waals surface area contributed by atoms with Gasteiger partial charge in [-0.3, -0.25) is 4.68 Å². The summed E-state index contributed by atoms with van der Waals surface area (Å²) < 4.78 is 12.4. The maximum absolute atomic E-state index is 6.13. The lowest BCUT2D eigenvalue weighted by atomic mass is 10.2. The molecule has 0 atom stereocenters. The first kappa shape index (κ1) is 14.5. The standard InChI is InChI=1S/C14H18ClN3O2/c1-18-10(5-7-17-18)4-6-16-12-8-11(15)13(19-2)9-14(12)20-3/h5,7-9,16H,4,6H2,1-3H3. The molecule has 2 rings (SSSR count). The number of hydrogen-bond donors (Lipinski definition) is 1. The van der Waals surface area contributed by atoms with Gasteiger partial charge in [-0.2, -0.15) is 5.10 Å². The zero-order valence-corrected chi connectivity index (χ0v) is 12.6. The predicted molar refractivity (Wildman–Crippen MR) is 80.0 cm³/mol.